The maximum Gasteiger partial charge on any atom is 0.411 e. The van der Waals surface area contributed by atoms with Gasteiger partial charge in [0.05, 0.1) is 6.33 Å². The molecule has 0 aromatic carbocycles. The molecule has 0 spiro atoms. The third kappa shape index (κ3) is 5.21. The smallest absolute Gasteiger partial charge is 0.411 e. The molecule has 3 aliphatic rings. The summed E-state index contributed by atoms with van der Waals surface area (Å²) in [5.41, 5.74) is 6.81. The van der Waals surface area contributed by atoms with Gasteiger partial charge in [-0.1, -0.05) is 0 Å². The van der Waals surface area contributed by atoms with Crippen LogP contribution in [0, 0.1) is 5.92 Å². The van der Waals surface area contributed by atoms with E-state index in [4.69, 9.17) is 15.2 Å². The van der Waals surface area contributed by atoms with Crippen molar-refractivity contribution in [2.45, 2.75) is 69.8 Å². The molecule has 3 fully saturated rings. The van der Waals surface area contributed by atoms with Crippen molar-refractivity contribution < 1.29 is 34.1 Å². The molecule has 0 aliphatic carbocycles. The Bertz CT molecular complexity index is 1250. The number of hydrogen-bond donors (Lipinski definition) is 4. The summed E-state index contributed by atoms with van der Waals surface area (Å²) in [4.78, 5) is 52.9. The number of ether oxygens (including phenoxy) is 2. The molecule has 3 amide bonds. The Morgan fingerprint density at radius 1 is 1.21 bits per heavy atom. The zero-order valence-corrected chi connectivity index (χ0v) is 21.9. The summed E-state index contributed by atoms with van der Waals surface area (Å²) in [5, 5.41) is 23.6. The fourth-order valence-electron chi connectivity index (χ4n) is 5.33. The van der Waals surface area contributed by atoms with Crippen LogP contribution in [0.2, 0.25) is 0 Å². The van der Waals surface area contributed by atoms with E-state index < -0.39 is 42.8 Å². The molecular weight excluding hydrogens is 512 g/mol. The minimum absolute atomic E-state index is 0.0314. The van der Waals surface area contributed by atoms with E-state index in [2.05, 4.69) is 20.3 Å². The normalized spacial score (nSPS) is 27.9. The Balaban J connectivity index is 1.24. The zero-order chi connectivity index (χ0) is 27.8. The van der Waals surface area contributed by atoms with Crippen LogP contribution in [0.15, 0.2) is 6.33 Å². The second-order valence-electron chi connectivity index (χ2n) is 10.2. The second kappa shape index (κ2) is 10.9. The lowest BCUT2D eigenvalue weighted by atomic mass is 9.93. The van der Waals surface area contributed by atoms with Crippen LogP contribution in [-0.4, -0.2) is 109 Å². The van der Waals surface area contributed by atoms with Crippen molar-refractivity contribution in [3.8, 4) is 0 Å². The van der Waals surface area contributed by atoms with E-state index in [1.807, 2.05) is 0 Å². The molecule has 3 aliphatic heterocycles. The second-order valence-corrected chi connectivity index (χ2v) is 10.2. The minimum Gasteiger partial charge on any atom is -0.425 e. The van der Waals surface area contributed by atoms with Gasteiger partial charge in [-0.2, -0.15) is 0 Å². The number of aliphatic hydroxyl groups is 2. The van der Waals surface area contributed by atoms with E-state index >= 15 is 0 Å². The minimum atomic E-state index is -1.43. The summed E-state index contributed by atoms with van der Waals surface area (Å²) < 4.78 is 12.7. The quantitative estimate of drug-likeness (QED) is 0.351. The number of nitrogen functional groups attached to an aromatic ring is 1. The third-order valence-corrected chi connectivity index (χ3v) is 7.63. The molecule has 0 bridgehead atoms. The van der Waals surface area contributed by atoms with E-state index in [0.29, 0.717) is 68.7 Å². The number of nitrogens with one attached hydrogen (secondary N) is 1. The SMILES string of the molecule is CCNC(=O)[C@H]1O[C@@H](n2cnc3c(N)nc(CC4CCN(C(=O)OC5CCC(=O)N5C)CC4)nc32)C(O)C1O. The first kappa shape index (κ1) is 27.0. The molecule has 0 radical (unpaired) electrons. The first-order valence-electron chi connectivity index (χ1n) is 13.2. The van der Waals surface area contributed by atoms with Crippen molar-refractivity contribution in [1.29, 1.82) is 0 Å². The lowest BCUT2D eigenvalue weighted by Crippen LogP contribution is -2.43. The predicted octanol–water partition coefficient (Wildman–Crippen LogP) is -0.867. The van der Waals surface area contributed by atoms with Crippen LogP contribution < -0.4 is 11.1 Å². The Morgan fingerprint density at radius 3 is 2.62 bits per heavy atom. The molecule has 0 saturated carbocycles. The van der Waals surface area contributed by atoms with Crippen LogP contribution in [0.5, 0.6) is 0 Å². The predicted molar refractivity (Wildman–Crippen MR) is 135 cm³/mol. The molecule has 2 aromatic rings. The molecule has 15 heteroatoms. The van der Waals surface area contributed by atoms with Crippen molar-refractivity contribution in [2.24, 2.45) is 5.92 Å². The van der Waals surface area contributed by atoms with Gasteiger partial charge in [-0.15, -0.1) is 0 Å². The average molecular weight is 547 g/mol. The lowest BCUT2D eigenvalue weighted by Gasteiger charge is -2.32. The zero-order valence-electron chi connectivity index (χ0n) is 21.9. The highest BCUT2D eigenvalue weighted by Crippen LogP contribution is 2.33. The topological polar surface area (TPSA) is 198 Å². The summed E-state index contributed by atoms with van der Waals surface area (Å²) in [6.07, 6.45) is -1.90. The van der Waals surface area contributed by atoms with Crippen LogP contribution in [-0.2, 0) is 25.5 Å². The monoisotopic (exact) mass is 546 g/mol. The maximum atomic E-state index is 12.6. The number of imidazole rings is 1. The van der Waals surface area contributed by atoms with Gasteiger partial charge in [0.2, 0.25) is 5.91 Å². The van der Waals surface area contributed by atoms with Gasteiger partial charge in [0.1, 0.15) is 23.5 Å². The number of carbonyl (C=O) groups is 3. The molecule has 5 N–H and O–H groups in total. The first-order valence-corrected chi connectivity index (χ1v) is 13.2. The number of amides is 3. The number of likely N-dealkylation sites (N-methyl/N-ethyl adjacent to an activating group) is 1. The Labute approximate surface area is 224 Å². The van der Waals surface area contributed by atoms with Crippen LogP contribution in [0.4, 0.5) is 10.6 Å². The van der Waals surface area contributed by atoms with Crippen molar-refractivity contribution >= 4 is 34.9 Å². The van der Waals surface area contributed by atoms with E-state index in [1.165, 1.54) is 15.8 Å². The first-order chi connectivity index (χ1) is 18.7. The van der Waals surface area contributed by atoms with Gasteiger partial charge in [0, 0.05) is 45.9 Å². The Morgan fingerprint density at radius 2 is 1.95 bits per heavy atom. The number of piperidine rings is 1. The van der Waals surface area contributed by atoms with Gasteiger partial charge < -0.3 is 40.5 Å². The number of anilines is 1. The number of hydrogen-bond acceptors (Lipinski definition) is 11. The highest BCUT2D eigenvalue weighted by Gasteiger charge is 2.47. The molecule has 5 rings (SSSR count). The number of nitrogens with zero attached hydrogens (tertiary/aromatic N) is 6. The van der Waals surface area contributed by atoms with Gasteiger partial charge >= 0.3 is 6.09 Å². The van der Waals surface area contributed by atoms with Gasteiger partial charge in [-0.3, -0.25) is 14.2 Å². The summed E-state index contributed by atoms with van der Waals surface area (Å²) >= 11 is 0. The number of fused-ring (bicyclic) bond motifs is 1. The van der Waals surface area contributed by atoms with Crippen LogP contribution >= 0.6 is 0 Å². The highest BCUT2D eigenvalue weighted by molar-refractivity contribution is 5.83. The van der Waals surface area contributed by atoms with Gasteiger partial charge in [0.25, 0.3) is 5.91 Å². The summed E-state index contributed by atoms with van der Waals surface area (Å²) in [7, 11) is 1.64. The van der Waals surface area contributed by atoms with E-state index in [-0.39, 0.29) is 17.6 Å². The fourth-order valence-corrected chi connectivity index (χ4v) is 5.33. The third-order valence-electron chi connectivity index (χ3n) is 7.63. The largest absolute Gasteiger partial charge is 0.425 e. The number of aliphatic hydroxyl groups excluding tert-OH is 2. The van der Waals surface area contributed by atoms with Crippen molar-refractivity contribution in [3.63, 3.8) is 0 Å². The van der Waals surface area contributed by atoms with Gasteiger partial charge in [0.15, 0.2) is 30.0 Å². The summed E-state index contributed by atoms with van der Waals surface area (Å²) in [6.45, 7) is 3.10. The molecule has 212 valence electrons. The molecule has 3 unspecified atom stereocenters. The van der Waals surface area contributed by atoms with Gasteiger partial charge in [-0.25, -0.2) is 19.7 Å². The molecule has 39 heavy (non-hydrogen) atoms. The number of rotatable bonds is 6. The maximum absolute atomic E-state index is 12.6. The molecule has 5 atom stereocenters. The summed E-state index contributed by atoms with van der Waals surface area (Å²) in [5.74, 6) is 0.275. The Kier molecular flexibility index (Phi) is 7.55. The van der Waals surface area contributed by atoms with Gasteiger partial charge in [-0.05, 0) is 25.7 Å². The molecule has 2 aromatic heterocycles. The summed E-state index contributed by atoms with van der Waals surface area (Å²) in [6, 6.07) is 0. The van der Waals surface area contributed by atoms with Crippen LogP contribution in [0.1, 0.15) is 44.7 Å². The van der Waals surface area contributed by atoms with Crippen molar-refractivity contribution in [2.75, 3.05) is 32.4 Å². The molecule has 15 nitrogen and oxygen atoms in total. The average Bonchev–Trinajstić information content (AvgIpc) is 3.56. The molecule has 3 saturated heterocycles. The number of aromatic nitrogens is 4. The van der Waals surface area contributed by atoms with E-state index in [1.54, 1.807) is 18.9 Å². The highest BCUT2D eigenvalue weighted by atomic mass is 16.6. The lowest BCUT2D eigenvalue weighted by molar-refractivity contribution is -0.137. The number of carbonyl (C=O) groups excluding carboxylic acids is 3. The van der Waals surface area contributed by atoms with Crippen molar-refractivity contribution in [3.05, 3.63) is 12.2 Å². The van der Waals surface area contributed by atoms with E-state index in [0.717, 1.165) is 0 Å². The van der Waals surface area contributed by atoms with Crippen LogP contribution in [0.3, 0.4) is 0 Å². The Hall–Kier alpha value is -3.56. The van der Waals surface area contributed by atoms with E-state index in [9.17, 15) is 24.6 Å². The molecule has 5 heterocycles. The fraction of sp³-hybridized carbons (Fsp3) is 0.667. The number of likely N-dealkylation sites (tertiary alicyclic amines) is 2. The standard InChI is InChI=1S/C24H34N8O7/c1-3-26-22(36)19-17(34)18(35)23(39-19)32-11-27-16-20(25)28-13(29-21(16)32)10-12-6-8-31(9-7-12)24(37)38-15-5-4-14(33)30(15)2/h11-12,15,17-19,23,34-35H,3-10H2,1-2H3,(H,26,36)(H2,25,28,29)/t15?,17?,18?,19-,23+/m0/s1. The number of nitrogens with two attached hydrogens (primary N) is 1. The molecular formula is C24H34N8O7. The van der Waals surface area contributed by atoms with Crippen molar-refractivity contribution in [1.82, 2.24) is 34.6 Å². The van der Waals surface area contributed by atoms with Crippen LogP contribution in [0.25, 0.3) is 11.2 Å².